The number of pyridine rings is 1. The topological polar surface area (TPSA) is 190 Å². The number of amides is 3. The number of hydrogen-bond donors (Lipinski definition) is 3. The standard InChI is InChI=1S/C41H45FN8O8/c1-5-47-21-31(39(53)54)37(51)30-19-32(42)35(20-34(30)47)48-15-17-49(18-16-48)41(56)58-24-28-11-13-29(14-12-28)43-38(52)26(4)50-22-33(45-46-50)36(25(2)3)44-40(55)57-23-27-9-7-6-8-10-27/h6-14,19-22,25-26,36H,5,15-18,23-24H2,1-4H3,(H,43,52)(H,44,55)(H,53,54)/t26-,36-/m0/s1. The SMILES string of the molecule is CCn1cc(C(=O)O)c(=O)c2cc(F)c(N3CCN(C(=O)OCc4ccc(NC(=O)[C@H](C)n5cc([C@@H](NC(=O)OCc6ccccc6)C(C)C)nn5)cc4)CC3)cc21. The molecule has 3 amide bonds. The number of nitrogens with zero attached hydrogens (tertiary/aromatic N) is 6. The molecule has 1 saturated heterocycles. The summed E-state index contributed by atoms with van der Waals surface area (Å²) in [5.41, 5.74) is 2.06. The van der Waals surface area contributed by atoms with Crippen molar-refractivity contribution in [3.05, 3.63) is 118 Å². The number of halogens is 1. The quantitative estimate of drug-likeness (QED) is 0.132. The fourth-order valence-corrected chi connectivity index (χ4v) is 6.57. The van der Waals surface area contributed by atoms with E-state index in [-0.39, 0.29) is 49.2 Å². The van der Waals surface area contributed by atoms with Gasteiger partial charge >= 0.3 is 18.2 Å². The van der Waals surface area contributed by atoms with Crippen LogP contribution in [-0.4, -0.2) is 79.8 Å². The summed E-state index contributed by atoms with van der Waals surface area (Å²) in [6, 6.07) is 17.6. The number of carboxylic acid groups (broad SMARTS) is 1. The van der Waals surface area contributed by atoms with Gasteiger partial charge in [0, 0.05) is 50.0 Å². The average molecular weight is 797 g/mol. The van der Waals surface area contributed by atoms with Gasteiger partial charge in [0.05, 0.1) is 23.4 Å². The van der Waals surface area contributed by atoms with Gasteiger partial charge in [0.25, 0.3) is 0 Å². The van der Waals surface area contributed by atoms with Gasteiger partial charge in [0.2, 0.25) is 11.3 Å². The summed E-state index contributed by atoms with van der Waals surface area (Å²) in [7, 11) is 0. The first-order chi connectivity index (χ1) is 27.8. The summed E-state index contributed by atoms with van der Waals surface area (Å²) in [6.07, 6.45) is 1.76. The van der Waals surface area contributed by atoms with Crippen molar-refractivity contribution in [2.24, 2.45) is 5.92 Å². The number of piperazine rings is 1. The summed E-state index contributed by atoms with van der Waals surface area (Å²) in [5, 5.41) is 23.5. The van der Waals surface area contributed by atoms with Crippen molar-refractivity contribution in [2.75, 3.05) is 36.4 Å². The normalized spacial score (nSPS) is 13.9. The number of fused-ring (bicyclic) bond motifs is 1. The summed E-state index contributed by atoms with van der Waals surface area (Å²) in [6.45, 7) is 8.96. The van der Waals surface area contributed by atoms with Crippen LogP contribution in [0, 0.1) is 11.7 Å². The molecular weight excluding hydrogens is 751 g/mol. The van der Waals surface area contributed by atoms with E-state index in [9.17, 15) is 29.1 Å². The van der Waals surface area contributed by atoms with E-state index in [1.807, 2.05) is 44.2 Å². The van der Waals surface area contributed by atoms with Gasteiger partial charge < -0.3 is 39.6 Å². The predicted octanol–water partition coefficient (Wildman–Crippen LogP) is 5.73. The molecule has 3 aromatic carbocycles. The van der Waals surface area contributed by atoms with Crippen LogP contribution in [0.5, 0.6) is 0 Å². The Kier molecular flexibility index (Phi) is 12.7. The van der Waals surface area contributed by atoms with Crippen molar-refractivity contribution in [3.8, 4) is 0 Å². The number of alkyl carbamates (subject to hydrolysis) is 1. The number of ether oxygens (including phenoxy) is 2. The number of rotatable bonds is 13. The fraction of sp³-hybridized carbons (Fsp3) is 0.341. The third-order valence-corrected chi connectivity index (χ3v) is 9.96. The van der Waals surface area contributed by atoms with Crippen LogP contribution in [-0.2, 0) is 34.0 Å². The minimum Gasteiger partial charge on any atom is -0.477 e. The molecular formula is C41H45FN8O8. The molecule has 16 nitrogen and oxygen atoms in total. The molecule has 1 fully saturated rings. The molecule has 58 heavy (non-hydrogen) atoms. The summed E-state index contributed by atoms with van der Waals surface area (Å²) >= 11 is 0. The van der Waals surface area contributed by atoms with E-state index in [1.54, 1.807) is 59.8 Å². The maximum Gasteiger partial charge on any atom is 0.410 e. The van der Waals surface area contributed by atoms with Crippen LogP contribution in [0.4, 0.5) is 25.4 Å². The highest BCUT2D eigenvalue weighted by atomic mass is 19.1. The number of anilines is 2. The largest absolute Gasteiger partial charge is 0.477 e. The number of carbonyl (C=O) groups is 4. The van der Waals surface area contributed by atoms with E-state index in [4.69, 9.17) is 9.47 Å². The van der Waals surface area contributed by atoms with E-state index in [0.717, 1.165) is 11.6 Å². The van der Waals surface area contributed by atoms with E-state index in [2.05, 4.69) is 20.9 Å². The molecule has 0 bridgehead atoms. The zero-order valence-electron chi connectivity index (χ0n) is 32.6. The van der Waals surface area contributed by atoms with E-state index in [1.165, 1.54) is 15.8 Å². The molecule has 17 heteroatoms. The molecule has 2 aromatic heterocycles. The Balaban J connectivity index is 0.975. The van der Waals surface area contributed by atoms with Gasteiger partial charge in [0.15, 0.2) is 0 Å². The molecule has 1 aliphatic heterocycles. The number of benzene rings is 3. The first-order valence-electron chi connectivity index (χ1n) is 18.9. The van der Waals surface area contributed by atoms with Crippen molar-refractivity contribution >= 4 is 46.3 Å². The third-order valence-electron chi connectivity index (χ3n) is 9.96. The molecule has 5 aromatic rings. The van der Waals surface area contributed by atoms with E-state index in [0.29, 0.717) is 42.1 Å². The fourth-order valence-electron chi connectivity index (χ4n) is 6.57. The van der Waals surface area contributed by atoms with Crippen LogP contribution in [0.1, 0.15) is 67.0 Å². The predicted molar refractivity (Wildman–Crippen MR) is 212 cm³/mol. The van der Waals surface area contributed by atoms with Crippen LogP contribution in [0.2, 0.25) is 0 Å². The second kappa shape index (κ2) is 18.0. The number of aryl methyl sites for hydroxylation is 1. The Morgan fingerprint density at radius 2 is 1.57 bits per heavy atom. The lowest BCUT2D eigenvalue weighted by molar-refractivity contribution is -0.119. The number of aromatic carboxylic acids is 1. The van der Waals surface area contributed by atoms with Gasteiger partial charge in [-0.05, 0) is 55.2 Å². The van der Waals surface area contributed by atoms with Crippen LogP contribution >= 0.6 is 0 Å². The van der Waals surface area contributed by atoms with Gasteiger partial charge in [0.1, 0.15) is 36.3 Å². The maximum absolute atomic E-state index is 15.3. The zero-order valence-corrected chi connectivity index (χ0v) is 32.6. The second-order valence-corrected chi connectivity index (χ2v) is 14.2. The molecule has 0 spiro atoms. The number of carbonyl (C=O) groups excluding carboxylic acids is 3. The highest BCUT2D eigenvalue weighted by Crippen LogP contribution is 2.27. The summed E-state index contributed by atoms with van der Waals surface area (Å²) in [5.74, 6) is -2.42. The zero-order chi connectivity index (χ0) is 41.5. The van der Waals surface area contributed by atoms with Crippen LogP contribution < -0.4 is 21.0 Å². The van der Waals surface area contributed by atoms with Crippen LogP contribution in [0.15, 0.2) is 83.9 Å². The summed E-state index contributed by atoms with van der Waals surface area (Å²) < 4.78 is 29.2. The molecule has 3 heterocycles. The highest BCUT2D eigenvalue weighted by molar-refractivity contribution is 5.94. The minimum atomic E-state index is -1.37. The Labute approximate surface area is 333 Å². The number of carboxylic acids is 1. The maximum atomic E-state index is 15.3. The van der Waals surface area contributed by atoms with Gasteiger partial charge in [-0.25, -0.2) is 23.5 Å². The lowest BCUT2D eigenvalue weighted by Crippen LogP contribution is -2.49. The lowest BCUT2D eigenvalue weighted by atomic mass is 10.0. The van der Waals surface area contributed by atoms with Crippen molar-refractivity contribution in [1.82, 2.24) is 29.8 Å². The highest BCUT2D eigenvalue weighted by Gasteiger charge is 2.27. The molecule has 0 radical (unpaired) electrons. The third kappa shape index (κ3) is 9.42. The Morgan fingerprint density at radius 3 is 2.22 bits per heavy atom. The van der Waals surface area contributed by atoms with Crippen molar-refractivity contribution in [2.45, 2.75) is 59.5 Å². The molecule has 0 unspecified atom stereocenters. The lowest BCUT2D eigenvalue weighted by Gasteiger charge is -2.35. The molecule has 304 valence electrons. The smallest absolute Gasteiger partial charge is 0.410 e. The van der Waals surface area contributed by atoms with Gasteiger partial charge in [-0.1, -0.05) is 61.5 Å². The summed E-state index contributed by atoms with van der Waals surface area (Å²) in [4.78, 5) is 66.2. The van der Waals surface area contributed by atoms with Gasteiger partial charge in [-0.15, -0.1) is 5.10 Å². The molecule has 3 N–H and O–H groups in total. The Morgan fingerprint density at radius 1 is 0.897 bits per heavy atom. The Hall–Kier alpha value is -6.78. The van der Waals surface area contributed by atoms with Crippen LogP contribution in [0.3, 0.4) is 0 Å². The first-order valence-corrected chi connectivity index (χ1v) is 18.9. The number of aromatic nitrogens is 4. The molecule has 1 aliphatic rings. The van der Waals surface area contributed by atoms with Gasteiger partial charge in [-0.2, -0.15) is 0 Å². The van der Waals surface area contributed by atoms with Crippen molar-refractivity contribution < 1.29 is 38.1 Å². The number of nitrogens with one attached hydrogen (secondary N) is 2. The molecule has 6 rings (SSSR count). The van der Waals surface area contributed by atoms with Crippen molar-refractivity contribution in [3.63, 3.8) is 0 Å². The second-order valence-electron chi connectivity index (χ2n) is 14.2. The molecule has 0 aliphatic carbocycles. The number of hydrogen-bond acceptors (Lipinski definition) is 10. The molecule has 0 saturated carbocycles. The molecule has 2 atom stereocenters. The monoisotopic (exact) mass is 796 g/mol. The van der Waals surface area contributed by atoms with Crippen LogP contribution in [0.25, 0.3) is 10.9 Å². The van der Waals surface area contributed by atoms with Gasteiger partial charge in [-0.3, -0.25) is 9.59 Å². The van der Waals surface area contributed by atoms with E-state index < -0.39 is 47.0 Å². The van der Waals surface area contributed by atoms with E-state index >= 15 is 4.39 Å². The average Bonchev–Trinajstić information content (AvgIpc) is 3.71. The minimum absolute atomic E-state index is 0.0115. The Bertz CT molecular complexity index is 2340. The van der Waals surface area contributed by atoms with Crippen molar-refractivity contribution in [1.29, 1.82) is 0 Å². The first kappa shape index (κ1) is 40.9.